The van der Waals surface area contributed by atoms with Crippen LogP contribution in [0.25, 0.3) is 26.1 Å². The highest BCUT2D eigenvalue weighted by atomic mass is 32.1. The van der Waals surface area contributed by atoms with E-state index in [1.54, 1.807) is 17.8 Å². The fourth-order valence-electron chi connectivity index (χ4n) is 7.32. The maximum Gasteiger partial charge on any atom is 0.433 e. The molecule has 4 fully saturated rings. The summed E-state index contributed by atoms with van der Waals surface area (Å²) in [6.45, 7) is 1.68. The molecule has 8 rings (SSSR count). The zero-order chi connectivity index (χ0) is 21.8. The van der Waals surface area contributed by atoms with Crippen molar-refractivity contribution in [3.05, 3.63) is 29.5 Å². The molecule has 4 saturated carbocycles. The van der Waals surface area contributed by atoms with Crippen molar-refractivity contribution in [2.45, 2.75) is 58.0 Å². The van der Waals surface area contributed by atoms with Gasteiger partial charge in [0.2, 0.25) is 0 Å². The summed E-state index contributed by atoms with van der Waals surface area (Å²) in [5, 5.41) is 5.41. The van der Waals surface area contributed by atoms with Crippen LogP contribution in [0.5, 0.6) is 0 Å². The quantitative estimate of drug-likeness (QED) is 0.372. The summed E-state index contributed by atoms with van der Waals surface area (Å²) in [6.07, 6.45) is 6.11. The first-order valence-electron chi connectivity index (χ1n) is 11.3. The summed E-state index contributed by atoms with van der Waals surface area (Å²) in [5.74, 6) is 3.43. The van der Waals surface area contributed by atoms with Crippen LogP contribution in [0.1, 0.15) is 55.6 Å². The second-order valence-corrected chi connectivity index (χ2v) is 11.4. The lowest BCUT2D eigenvalue weighted by atomic mass is 9.49. The zero-order valence-electron chi connectivity index (χ0n) is 17.6. The maximum atomic E-state index is 13.3. The van der Waals surface area contributed by atoms with Gasteiger partial charge in [0, 0.05) is 11.8 Å². The molecule has 0 radical (unpaired) electrons. The van der Waals surface area contributed by atoms with Gasteiger partial charge < -0.3 is 0 Å². The Morgan fingerprint density at radius 3 is 2.44 bits per heavy atom. The van der Waals surface area contributed by atoms with E-state index in [0.717, 1.165) is 40.8 Å². The van der Waals surface area contributed by atoms with E-state index in [2.05, 4.69) is 9.97 Å². The van der Waals surface area contributed by atoms with Crippen molar-refractivity contribution in [1.82, 2.24) is 24.6 Å². The molecule has 166 valence electrons. The number of halogens is 3. The molecule has 4 aromatic heterocycles. The van der Waals surface area contributed by atoms with Gasteiger partial charge in [0.1, 0.15) is 21.6 Å². The Hall–Kier alpha value is -2.29. The monoisotopic (exact) mass is 457 g/mol. The smallest absolute Gasteiger partial charge is 0.234 e. The first-order chi connectivity index (χ1) is 15.3. The fourth-order valence-corrected chi connectivity index (χ4v) is 8.49. The predicted molar refractivity (Wildman–Crippen MR) is 116 cm³/mol. The minimum absolute atomic E-state index is 0.326. The molecule has 5 nitrogen and oxygen atoms in total. The molecule has 0 amide bonds. The van der Waals surface area contributed by atoms with Gasteiger partial charge in [-0.05, 0) is 80.2 Å². The molecule has 0 aliphatic heterocycles. The highest BCUT2D eigenvalue weighted by Crippen LogP contribution is 2.60. The molecule has 0 N–H and O–H groups in total. The van der Waals surface area contributed by atoms with Crippen LogP contribution in [-0.2, 0) is 12.6 Å². The van der Waals surface area contributed by atoms with Crippen molar-refractivity contribution in [2.24, 2.45) is 23.2 Å². The van der Waals surface area contributed by atoms with Crippen LogP contribution >= 0.6 is 11.3 Å². The summed E-state index contributed by atoms with van der Waals surface area (Å²) in [4.78, 5) is 13.7. The molecule has 0 saturated heterocycles. The van der Waals surface area contributed by atoms with E-state index in [1.807, 2.05) is 0 Å². The van der Waals surface area contributed by atoms with Gasteiger partial charge in [0.05, 0.1) is 5.52 Å². The number of aromatic nitrogens is 5. The molecule has 0 unspecified atom stereocenters. The minimum atomic E-state index is -4.47. The first kappa shape index (κ1) is 19.2. The Morgan fingerprint density at radius 1 is 1.09 bits per heavy atom. The lowest BCUT2D eigenvalue weighted by molar-refractivity contribution is -0.141. The molecule has 9 heteroatoms. The molecular formula is C23H22F3N5S. The predicted octanol–water partition coefficient (Wildman–Crippen LogP) is 5.97. The maximum absolute atomic E-state index is 13.3. The van der Waals surface area contributed by atoms with Gasteiger partial charge in [-0.15, -0.1) is 16.4 Å². The van der Waals surface area contributed by atoms with Crippen LogP contribution in [0, 0.1) is 30.1 Å². The van der Waals surface area contributed by atoms with Crippen LogP contribution in [0.15, 0.2) is 12.4 Å². The number of hydrogen-bond acceptors (Lipinski definition) is 5. The first-order valence-corrected chi connectivity index (χ1v) is 12.1. The van der Waals surface area contributed by atoms with Crippen molar-refractivity contribution >= 4 is 37.4 Å². The standard InChI is InChI=1S/C23H22F3N5S/c1-11-2-15(23(24,25)26)28-21-17(11)18-19(32-21)20-29-16(30-31(20)10-27-18)9-22-6-12-3-13(7-22)5-14(4-12)8-22/h2,10,12-14H,3-9H2,1H3. The summed E-state index contributed by atoms with van der Waals surface area (Å²) in [5.41, 5.74) is 1.31. The molecule has 0 spiro atoms. The van der Waals surface area contributed by atoms with Gasteiger partial charge in [-0.3, -0.25) is 0 Å². The number of fused-ring (bicyclic) bond motifs is 5. The molecule has 0 aromatic carbocycles. The van der Waals surface area contributed by atoms with E-state index >= 15 is 0 Å². The van der Waals surface area contributed by atoms with E-state index in [1.165, 1.54) is 49.9 Å². The summed E-state index contributed by atoms with van der Waals surface area (Å²) in [6, 6.07) is 1.10. The topological polar surface area (TPSA) is 56.0 Å². The van der Waals surface area contributed by atoms with Gasteiger partial charge in [-0.2, -0.15) is 13.2 Å². The largest absolute Gasteiger partial charge is 0.433 e. The van der Waals surface area contributed by atoms with E-state index in [4.69, 9.17) is 10.1 Å². The number of thiophene rings is 1. The minimum Gasteiger partial charge on any atom is -0.234 e. The molecule has 0 atom stereocenters. The van der Waals surface area contributed by atoms with Crippen LogP contribution < -0.4 is 0 Å². The fraction of sp³-hybridized carbons (Fsp3) is 0.565. The van der Waals surface area contributed by atoms with Crippen LogP contribution in [-0.4, -0.2) is 24.6 Å². The van der Waals surface area contributed by atoms with Crippen LogP contribution in [0.4, 0.5) is 13.2 Å². The van der Waals surface area contributed by atoms with Crippen molar-refractivity contribution < 1.29 is 13.2 Å². The second kappa shape index (κ2) is 6.18. The van der Waals surface area contributed by atoms with E-state index in [0.29, 0.717) is 32.4 Å². The van der Waals surface area contributed by atoms with Gasteiger partial charge in [0.25, 0.3) is 0 Å². The number of nitrogens with zero attached hydrogens (tertiary/aromatic N) is 5. The van der Waals surface area contributed by atoms with E-state index < -0.39 is 11.9 Å². The highest BCUT2D eigenvalue weighted by Gasteiger charge is 2.51. The Morgan fingerprint density at radius 2 is 1.78 bits per heavy atom. The highest BCUT2D eigenvalue weighted by molar-refractivity contribution is 7.26. The summed E-state index contributed by atoms with van der Waals surface area (Å²) >= 11 is 1.22. The third kappa shape index (κ3) is 2.75. The molecule has 4 aliphatic rings. The van der Waals surface area contributed by atoms with Gasteiger partial charge >= 0.3 is 6.18 Å². The number of alkyl halides is 3. The molecule has 4 aliphatic carbocycles. The van der Waals surface area contributed by atoms with Crippen LogP contribution in [0.2, 0.25) is 0 Å². The van der Waals surface area contributed by atoms with Crippen molar-refractivity contribution in [2.75, 3.05) is 0 Å². The third-order valence-electron chi connectivity index (χ3n) is 8.00. The molecule has 32 heavy (non-hydrogen) atoms. The Kier molecular flexibility index (Phi) is 3.71. The SMILES string of the molecule is Cc1cc(C(F)(F)F)nc2sc3c(ncn4nc(CC56CC7CC(CC(C7)C5)C6)nc34)c12. The summed E-state index contributed by atoms with van der Waals surface area (Å²) in [7, 11) is 0. The molecule has 4 bridgehead atoms. The second-order valence-electron chi connectivity index (χ2n) is 10.4. The van der Waals surface area contributed by atoms with E-state index in [9.17, 15) is 13.2 Å². The van der Waals surface area contributed by atoms with Crippen molar-refractivity contribution in [3.63, 3.8) is 0 Å². The molecule has 4 heterocycles. The number of pyridine rings is 1. The lowest BCUT2D eigenvalue weighted by Gasteiger charge is -2.56. The average Bonchev–Trinajstić information content (AvgIpc) is 3.26. The number of rotatable bonds is 2. The van der Waals surface area contributed by atoms with Gasteiger partial charge in [-0.1, -0.05) is 0 Å². The molecule has 4 aromatic rings. The third-order valence-corrected chi connectivity index (χ3v) is 9.07. The number of hydrogen-bond donors (Lipinski definition) is 0. The Balaban J connectivity index is 1.33. The number of aryl methyl sites for hydroxylation is 1. The van der Waals surface area contributed by atoms with Crippen LogP contribution in [0.3, 0.4) is 0 Å². The normalized spacial score (nSPS) is 29.7. The van der Waals surface area contributed by atoms with Crippen molar-refractivity contribution in [1.29, 1.82) is 0 Å². The van der Waals surface area contributed by atoms with Gasteiger partial charge in [-0.25, -0.2) is 19.5 Å². The average molecular weight is 458 g/mol. The Bertz CT molecular complexity index is 1370. The van der Waals surface area contributed by atoms with Crippen molar-refractivity contribution in [3.8, 4) is 0 Å². The van der Waals surface area contributed by atoms with E-state index in [-0.39, 0.29) is 0 Å². The van der Waals surface area contributed by atoms with Gasteiger partial charge in [0.15, 0.2) is 11.5 Å². The molecular weight excluding hydrogens is 435 g/mol. The Labute approximate surface area is 186 Å². The summed E-state index contributed by atoms with van der Waals surface area (Å²) < 4.78 is 42.2. The lowest BCUT2D eigenvalue weighted by Crippen LogP contribution is -2.47. The zero-order valence-corrected chi connectivity index (χ0v) is 18.4.